The van der Waals surface area contributed by atoms with Gasteiger partial charge in [-0.2, -0.15) is 8.75 Å². The van der Waals surface area contributed by atoms with Crippen molar-refractivity contribution in [3.63, 3.8) is 0 Å². The molecule has 0 atom stereocenters. The molecular weight excluding hydrogens is 825 g/mol. The molecule has 0 bridgehead atoms. The average Bonchev–Trinajstić information content (AvgIpc) is 4.00. The molecule has 1 heterocycles. The maximum absolute atomic E-state index is 4.97. The van der Waals surface area contributed by atoms with Gasteiger partial charge in [0.2, 0.25) is 0 Å². The Morgan fingerprint density at radius 3 is 1.08 bits per heavy atom. The number of aryl methyl sites for hydroxylation is 1. The number of aromatic nitrogens is 2. The summed E-state index contributed by atoms with van der Waals surface area (Å²) in [7, 11) is 0. The molecule has 0 spiro atoms. The molecule has 0 fully saturated rings. The highest BCUT2D eigenvalue weighted by molar-refractivity contribution is 7.99. The van der Waals surface area contributed by atoms with Crippen LogP contribution < -0.4 is 0 Å². The van der Waals surface area contributed by atoms with Crippen LogP contribution in [0.3, 0.4) is 0 Å². The van der Waals surface area contributed by atoms with E-state index >= 15 is 0 Å². The maximum Gasteiger partial charge on any atom is 0.113 e. The molecular formula is C61H52N2S2. The van der Waals surface area contributed by atoms with E-state index in [0.717, 1.165) is 22.2 Å². The number of benzene rings is 8. The van der Waals surface area contributed by atoms with Crippen molar-refractivity contribution in [3.8, 4) is 77.9 Å². The Bertz CT molecular complexity index is 3470. The van der Waals surface area contributed by atoms with Gasteiger partial charge in [0.15, 0.2) is 0 Å². The molecule has 8 aromatic carbocycles. The van der Waals surface area contributed by atoms with Crippen LogP contribution in [-0.4, -0.2) is 14.0 Å². The molecule has 0 amide bonds. The van der Waals surface area contributed by atoms with Crippen molar-refractivity contribution < 1.29 is 0 Å². The lowest BCUT2D eigenvalue weighted by Gasteiger charge is -2.24. The van der Waals surface area contributed by atoms with E-state index in [9.17, 15) is 0 Å². The van der Waals surface area contributed by atoms with Crippen molar-refractivity contribution in [3.05, 3.63) is 185 Å². The Morgan fingerprint density at radius 1 is 0.369 bits per heavy atom. The van der Waals surface area contributed by atoms with Crippen LogP contribution in [0.2, 0.25) is 0 Å². The molecule has 0 aliphatic heterocycles. The number of fused-ring (bicyclic) bond motifs is 10. The first-order valence-corrected chi connectivity index (χ1v) is 24.7. The summed E-state index contributed by atoms with van der Waals surface area (Å²) in [6, 6.07) is 55.9. The van der Waals surface area contributed by atoms with E-state index in [1.54, 1.807) is 0 Å². The van der Waals surface area contributed by atoms with Crippen molar-refractivity contribution >= 4 is 34.5 Å². The summed E-state index contributed by atoms with van der Waals surface area (Å²) < 4.78 is 9.93. The molecule has 0 saturated carbocycles. The minimum absolute atomic E-state index is 0.0397. The molecule has 318 valence electrons. The average molecular weight is 877 g/mol. The SMILES string of the molecule is Cc1ccc2c(c1)C(C)(C)c1cc(-c3ccc4c(c3)C(C)(C)c3cc(-c5ccc(-c6ccc7c(c6)C(C)(C)c6cc(-c8ccc(SC(C)C)cc8)ccc6-7)c6nsnc56)ccc3-4)ccc1-2. The molecule has 0 radical (unpaired) electrons. The second-order valence-corrected chi connectivity index (χ2v) is 22.7. The van der Waals surface area contributed by atoms with Crippen LogP contribution in [0.25, 0.3) is 88.9 Å². The smallest absolute Gasteiger partial charge is 0.113 e. The summed E-state index contributed by atoms with van der Waals surface area (Å²) in [5.41, 5.74) is 28.9. The fourth-order valence-corrected chi connectivity index (χ4v) is 12.9. The standard InChI is InChI=1S/C61H52N2S2/c1-34(2)64-42-18-11-36(12-19-42)37-13-21-47-49-24-16-40(32-55(49)60(6,7)52(47)29-37)43-26-27-44(58-57(43)62-65-63-58)41-17-25-50-48-23-15-39(31-54(48)61(8,9)56(50)33-41)38-14-22-46-45-20-10-35(3)28-51(45)59(4,5)53(46)30-38/h10-34H,1-9H3. The molecule has 3 aliphatic rings. The van der Waals surface area contributed by atoms with Gasteiger partial charge in [-0.1, -0.05) is 164 Å². The molecule has 12 rings (SSSR count). The Morgan fingerprint density at radius 2 is 0.677 bits per heavy atom. The third-order valence-corrected chi connectivity index (χ3v) is 16.7. The van der Waals surface area contributed by atoms with Gasteiger partial charge in [-0.05, 0) is 150 Å². The third-order valence-electron chi connectivity index (χ3n) is 15.1. The van der Waals surface area contributed by atoms with E-state index in [2.05, 4.69) is 208 Å². The van der Waals surface area contributed by atoms with Gasteiger partial charge < -0.3 is 0 Å². The zero-order chi connectivity index (χ0) is 44.7. The first kappa shape index (κ1) is 40.4. The highest BCUT2D eigenvalue weighted by Gasteiger charge is 2.39. The van der Waals surface area contributed by atoms with Gasteiger partial charge in [0.05, 0.1) is 11.7 Å². The van der Waals surface area contributed by atoms with Crippen LogP contribution in [0, 0.1) is 6.92 Å². The van der Waals surface area contributed by atoms with Gasteiger partial charge in [0, 0.05) is 37.5 Å². The van der Waals surface area contributed by atoms with Crippen molar-refractivity contribution in [2.75, 3.05) is 0 Å². The number of thioether (sulfide) groups is 1. The van der Waals surface area contributed by atoms with Crippen molar-refractivity contribution in [2.45, 2.75) is 88.7 Å². The second kappa shape index (κ2) is 14.2. The highest BCUT2D eigenvalue weighted by atomic mass is 32.2. The molecule has 65 heavy (non-hydrogen) atoms. The van der Waals surface area contributed by atoms with Crippen LogP contribution in [0.1, 0.15) is 94.3 Å². The second-order valence-electron chi connectivity index (χ2n) is 20.5. The Kier molecular flexibility index (Phi) is 8.84. The van der Waals surface area contributed by atoms with Crippen LogP contribution in [0.15, 0.2) is 150 Å². The Labute approximate surface area is 392 Å². The summed E-state index contributed by atoms with van der Waals surface area (Å²) >= 11 is 3.21. The molecule has 0 saturated heterocycles. The van der Waals surface area contributed by atoms with E-state index in [0.29, 0.717) is 5.25 Å². The fraction of sp³-hybridized carbons (Fsp3) is 0.213. The van der Waals surface area contributed by atoms with Crippen molar-refractivity contribution in [1.29, 1.82) is 0 Å². The lowest BCUT2D eigenvalue weighted by atomic mass is 9.79. The molecule has 2 nitrogen and oxygen atoms in total. The fourth-order valence-electron chi connectivity index (χ4n) is 11.5. The van der Waals surface area contributed by atoms with E-state index in [1.165, 1.54) is 122 Å². The normalized spacial score (nSPS) is 15.4. The number of nitrogens with zero attached hydrogens (tertiary/aromatic N) is 2. The van der Waals surface area contributed by atoms with Crippen molar-refractivity contribution in [2.24, 2.45) is 0 Å². The largest absolute Gasteiger partial charge is 0.172 e. The molecule has 1 aromatic heterocycles. The molecule has 9 aromatic rings. The van der Waals surface area contributed by atoms with E-state index in [1.807, 2.05) is 11.8 Å². The monoisotopic (exact) mass is 876 g/mol. The zero-order valence-corrected chi connectivity index (χ0v) is 40.3. The van der Waals surface area contributed by atoms with Gasteiger partial charge in [0.1, 0.15) is 11.0 Å². The highest BCUT2D eigenvalue weighted by Crippen LogP contribution is 2.54. The minimum Gasteiger partial charge on any atom is -0.172 e. The lowest BCUT2D eigenvalue weighted by Crippen LogP contribution is -2.15. The molecule has 4 heteroatoms. The Balaban J connectivity index is 0.852. The minimum atomic E-state index is -0.174. The topological polar surface area (TPSA) is 25.8 Å². The molecule has 0 unspecified atom stereocenters. The van der Waals surface area contributed by atoms with E-state index in [4.69, 9.17) is 8.75 Å². The number of hydrogen-bond acceptors (Lipinski definition) is 4. The summed E-state index contributed by atoms with van der Waals surface area (Å²) in [5.74, 6) is 0. The molecule has 0 N–H and O–H groups in total. The van der Waals surface area contributed by atoms with E-state index in [-0.39, 0.29) is 16.2 Å². The summed E-state index contributed by atoms with van der Waals surface area (Å²) in [4.78, 5) is 1.32. The third kappa shape index (κ3) is 6.06. The molecule has 3 aliphatic carbocycles. The van der Waals surface area contributed by atoms with E-state index < -0.39 is 0 Å². The van der Waals surface area contributed by atoms with Gasteiger partial charge in [-0.15, -0.1) is 11.8 Å². The van der Waals surface area contributed by atoms with Gasteiger partial charge >= 0.3 is 0 Å². The Hall–Kier alpha value is -6.07. The lowest BCUT2D eigenvalue weighted by molar-refractivity contribution is 0.659. The summed E-state index contributed by atoms with van der Waals surface area (Å²) in [6.07, 6.45) is 0. The van der Waals surface area contributed by atoms with Gasteiger partial charge in [-0.3, -0.25) is 0 Å². The van der Waals surface area contributed by atoms with Crippen molar-refractivity contribution in [1.82, 2.24) is 8.75 Å². The van der Waals surface area contributed by atoms with Gasteiger partial charge in [0.25, 0.3) is 0 Å². The first-order chi connectivity index (χ1) is 31.2. The predicted octanol–water partition coefficient (Wildman–Crippen LogP) is 17.1. The summed E-state index contributed by atoms with van der Waals surface area (Å²) in [6.45, 7) is 21.0. The zero-order valence-electron chi connectivity index (χ0n) is 38.6. The first-order valence-electron chi connectivity index (χ1n) is 23.1. The van der Waals surface area contributed by atoms with Crippen LogP contribution in [0.5, 0.6) is 0 Å². The van der Waals surface area contributed by atoms with Crippen LogP contribution >= 0.6 is 23.5 Å². The predicted molar refractivity (Wildman–Crippen MR) is 278 cm³/mol. The maximum atomic E-state index is 4.97. The number of hydrogen-bond donors (Lipinski definition) is 0. The quantitative estimate of drug-likeness (QED) is 0.156. The number of rotatable bonds is 6. The van der Waals surface area contributed by atoms with Gasteiger partial charge in [-0.25, -0.2) is 0 Å². The summed E-state index contributed by atoms with van der Waals surface area (Å²) in [5, 5.41) is 0.567. The van der Waals surface area contributed by atoms with Crippen LogP contribution in [0.4, 0.5) is 0 Å². The van der Waals surface area contributed by atoms with Crippen LogP contribution in [-0.2, 0) is 16.2 Å².